The quantitative estimate of drug-likeness (QED) is 0.339. The van der Waals surface area contributed by atoms with Crippen molar-refractivity contribution >= 4 is 0 Å². The number of rotatable bonds is 7. The molecule has 2 rings (SSSR count). The van der Waals surface area contributed by atoms with Crippen molar-refractivity contribution in [2.75, 3.05) is 0 Å². The Bertz CT molecular complexity index is 342. The SMILES string of the molecule is CCCCCC[C@H]1CC[C@H](C#C[C@H]2CC[C@H](CCC)CC2)CC1. The predicted octanol–water partition coefficient (Wildman–Crippen LogP) is 7.37. The van der Waals surface area contributed by atoms with Crippen molar-refractivity contribution in [2.45, 2.75) is 110 Å². The van der Waals surface area contributed by atoms with Gasteiger partial charge < -0.3 is 0 Å². The van der Waals surface area contributed by atoms with Crippen LogP contribution < -0.4 is 0 Å². The Morgan fingerprint density at radius 2 is 1.09 bits per heavy atom. The molecule has 132 valence electrons. The number of hydrogen-bond donors (Lipinski definition) is 0. The molecular formula is C23H40. The summed E-state index contributed by atoms with van der Waals surface area (Å²) in [5.41, 5.74) is 0. The van der Waals surface area contributed by atoms with Crippen molar-refractivity contribution in [3.63, 3.8) is 0 Å². The second kappa shape index (κ2) is 11.2. The van der Waals surface area contributed by atoms with Gasteiger partial charge in [0, 0.05) is 11.8 Å². The summed E-state index contributed by atoms with van der Waals surface area (Å²) in [5, 5.41) is 0. The van der Waals surface area contributed by atoms with Gasteiger partial charge in [0.15, 0.2) is 0 Å². The maximum Gasteiger partial charge on any atom is 0.0203 e. The third kappa shape index (κ3) is 7.32. The molecule has 2 aliphatic rings. The topological polar surface area (TPSA) is 0 Å². The Hall–Kier alpha value is -0.440. The average Bonchev–Trinajstić information content (AvgIpc) is 2.59. The lowest BCUT2D eigenvalue weighted by atomic mass is 9.78. The molecule has 0 aliphatic heterocycles. The van der Waals surface area contributed by atoms with Crippen LogP contribution in [-0.4, -0.2) is 0 Å². The van der Waals surface area contributed by atoms with Gasteiger partial charge in [0.25, 0.3) is 0 Å². The first-order valence-corrected chi connectivity index (χ1v) is 10.8. The van der Waals surface area contributed by atoms with Crippen LogP contribution in [0.5, 0.6) is 0 Å². The van der Waals surface area contributed by atoms with E-state index in [9.17, 15) is 0 Å². The first kappa shape index (κ1) is 18.9. The van der Waals surface area contributed by atoms with E-state index < -0.39 is 0 Å². The normalized spacial score (nSPS) is 31.4. The van der Waals surface area contributed by atoms with Crippen molar-refractivity contribution in [1.29, 1.82) is 0 Å². The van der Waals surface area contributed by atoms with Crippen molar-refractivity contribution < 1.29 is 0 Å². The maximum atomic E-state index is 3.69. The molecule has 0 saturated heterocycles. The van der Waals surface area contributed by atoms with Crippen LogP contribution in [0.25, 0.3) is 0 Å². The summed E-state index contributed by atoms with van der Waals surface area (Å²) in [5.74, 6) is 10.9. The van der Waals surface area contributed by atoms with Gasteiger partial charge >= 0.3 is 0 Å². The van der Waals surface area contributed by atoms with Crippen molar-refractivity contribution in [3.8, 4) is 11.8 Å². The molecule has 0 amide bonds. The van der Waals surface area contributed by atoms with Gasteiger partial charge in [-0.05, 0) is 63.2 Å². The van der Waals surface area contributed by atoms with Crippen LogP contribution in [-0.2, 0) is 0 Å². The molecule has 0 aromatic rings. The van der Waals surface area contributed by atoms with Crippen LogP contribution in [0.4, 0.5) is 0 Å². The van der Waals surface area contributed by atoms with E-state index >= 15 is 0 Å². The van der Waals surface area contributed by atoms with E-state index in [4.69, 9.17) is 0 Å². The van der Waals surface area contributed by atoms with Crippen molar-refractivity contribution in [1.82, 2.24) is 0 Å². The lowest BCUT2D eigenvalue weighted by molar-refractivity contribution is 0.290. The third-order valence-corrected chi connectivity index (χ3v) is 6.35. The molecule has 0 aromatic carbocycles. The predicted molar refractivity (Wildman–Crippen MR) is 102 cm³/mol. The number of unbranched alkanes of at least 4 members (excludes halogenated alkanes) is 3. The van der Waals surface area contributed by atoms with Crippen LogP contribution in [0.2, 0.25) is 0 Å². The second-order valence-electron chi connectivity index (χ2n) is 8.36. The lowest BCUT2D eigenvalue weighted by Gasteiger charge is -2.27. The zero-order valence-corrected chi connectivity index (χ0v) is 15.9. The molecular weight excluding hydrogens is 276 g/mol. The van der Waals surface area contributed by atoms with E-state index in [1.807, 2.05) is 0 Å². The lowest BCUT2D eigenvalue weighted by Crippen LogP contribution is -2.15. The highest BCUT2D eigenvalue weighted by Crippen LogP contribution is 2.33. The van der Waals surface area contributed by atoms with E-state index in [0.29, 0.717) is 0 Å². The Kier molecular flexibility index (Phi) is 9.18. The van der Waals surface area contributed by atoms with E-state index in [-0.39, 0.29) is 0 Å². The molecule has 2 saturated carbocycles. The minimum atomic E-state index is 0.731. The Balaban J connectivity index is 1.60. The van der Waals surface area contributed by atoms with Crippen molar-refractivity contribution in [2.24, 2.45) is 23.7 Å². The first-order valence-electron chi connectivity index (χ1n) is 10.8. The minimum Gasteiger partial charge on any atom is -0.0996 e. The summed E-state index contributed by atoms with van der Waals surface area (Å²) < 4.78 is 0. The van der Waals surface area contributed by atoms with Gasteiger partial charge in [0.1, 0.15) is 0 Å². The molecule has 0 unspecified atom stereocenters. The number of hydrogen-bond acceptors (Lipinski definition) is 0. The summed E-state index contributed by atoms with van der Waals surface area (Å²) in [4.78, 5) is 0. The van der Waals surface area contributed by atoms with Gasteiger partial charge in [0.2, 0.25) is 0 Å². The summed E-state index contributed by atoms with van der Waals surface area (Å²) in [6.07, 6.45) is 21.3. The second-order valence-corrected chi connectivity index (χ2v) is 8.36. The van der Waals surface area contributed by atoms with Gasteiger partial charge in [-0.15, -0.1) is 0 Å². The molecule has 0 N–H and O–H groups in total. The van der Waals surface area contributed by atoms with E-state index in [2.05, 4.69) is 25.7 Å². The van der Waals surface area contributed by atoms with E-state index in [0.717, 1.165) is 23.7 Å². The zero-order valence-electron chi connectivity index (χ0n) is 15.9. The molecule has 0 heteroatoms. The first-order chi connectivity index (χ1) is 11.3. The Morgan fingerprint density at radius 1 is 0.565 bits per heavy atom. The fraction of sp³-hybridized carbons (Fsp3) is 0.913. The smallest absolute Gasteiger partial charge is 0.0203 e. The summed E-state index contributed by atoms with van der Waals surface area (Å²) in [7, 11) is 0. The molecule has 0 nitrogen and oxygen atoms in total. The highest BCUT2D eigenvalue weighted by molar-refractivity contribution is 5.09. The minimum absolute atomic E-state index is 0.731. The van der Waals surface area contributed by atoms with Gasteiger partial charge in [-0.3, -0.25) is 0 Å². The standard InChI is InChI=1S/C23H40/c1-3-5-6-7-9-21-12-16-23(17-13-21)19-18-22-14-10-20(8-4-2)11-15-22/h20-23H,3-17H2,1-2H3/t20-,21-,22-,23-. The third-order valence-electron chi connectivity index (χ3n) is 6.35. The highest BCUT2D eigenvalue weighted by atomic mass is 14.3. The molecule has 0 spiro atoms. The summed E-state index contributed by atoms with van der Waals surface area (Å²) >= 11 is 0. The van der Waals surface area contributed by atoms with Gasteiger partial charge in [-0.2, -0.15) is 0 Å². The highest BCUT2D eigenvalue weighted by Gasteiger charge is 2.21. The molecule has 0 bridgehead atoms. The molecule has 0 aromatic heterocycles. The summed E-state index contributed by atoms with van der Waals surface area (Å²) in [6, 6.07) is 0. The monoisotopic (exact) mass is 316 g/mol. The van der Waals surface area contributed by atoms with Crippen LogP contribution >= 0.6 is 0 Å². The molecule has 0 atom stereocenters. The largest absolute Gasteiger partial charge is 0.0996 e. The van der Waals surface area contributed by atoms with Crippen LogP contribution in [0.1, 0.15) is 110 Å². The Morgan fingerprint density at radius 3 is 1.57 bits per heavy atom. The van der Waals surface area contributed by atoms with Crippen LogP contribution in [0.15, 0.2) is 0 Å². The van der Waals surface area contributed by atoms with Crippen LogP contribution in [0.3, 0.4) is 0 Å². The fourth-order valence-corrected chi connectivity index (χ4v) is 4.69. The Labute approximate surface area is 146 Å². The molecule has 0 radical (unpaired) electrons. The van der Waals surface area contributed by atoms with Gasteiger partial charge in [0.05, 0.1) is 0 Å². The molecule has 2 aliphatic carbocycles. The van der Waals surface area contributed by atoms with E-state index in [1.54, 1.807) is 0 Å². The van der Waals surface area contributed by atoms with Crippen LogP contribution in [0, 0.1) is 35.5 Å². The maximum absolute atomic E-state index is 3.69. The zero-order chi connectivity index (χ0) is 16.3. The van der Waals surface area contributed by atoms with Gasteiger partial charge in [-0.25, -0.2) is 0 Å². The fourth-order valence-electron chi connectivity index (χ4n) is 4.69. The van der Waals surface area contributed by atoms with E-state index in [1.165, 1.54) is 96.3 Å². The average molecular weight is 317 g/mol. The summed E-state index contributed by atoms with van der Waals surface area (Å²) in [6.45, 7) is 4.63. The molecule has 0 heterocycles. The molecule has 2 fully saturated rings. The van der Waals surface area contributed by atoms with Gasteiger partial charge in [-0.1, -0.05) is 70.6 Å². The van der Waals surface area contributed by atoms with Crippen molar-refractivity contribution in [3.05, 3.63) is 0 Å². The molecule has 23 heavy (non-hydrogen) atoms.